The highest BCUT2D eigenvalue weighted by Gasteiger charge is 1.97. The van der Waals surface area contributed by atoms with Gasteiger partial charge in [0.05, 0.1) is 0 Å². The first-order valence-electron chi connectivity index (χ1n) is 5.66. The Labute approximate surface area is 115 Å². The summed E-state index contributed by atoms with van der Waals surface area (Å²) in [5, 5.41) is 0.675. The highest BCUT2D eigenvalue weighted by molar-refractivity contribution is 6.30. The summed E-state index contributed by atoms with van der Waals surface area (Å²) in [7, 11) is 0. The van der Waals surface area contributed by atoms with Crippen molar-refractivity contribution in [3.05, 3.63) is 65.1 Å². The molecule has 2 aromatic heterocycles. The molecule has 0 aliphatic heterocycles. The number of nitrogens with zero attached hydrogens (tertiary/aromatic N) is 3. The van der Waals surface area contributed by atoms with Crippen LogP contribution in [-0.2, 0) is 0 Å². The first kappa shape index (κ1) is 11.6. The van der Waals surface area contributed by atoms with Crippen LogP contribution in [0.4, 0.5) is 0 Å². The van der Waals surface area contributed by atoms with Gasteiger partial charge in [0, 0.05) is 34.7 Å². The molecule has 1 aromatic carbocycles. The monoisotopic (exact) mass is 265 g/mol. The van der Waals surface area contributed by atoms with Crippen LogP contribution in [-0.4, -0.2) is 15.0 Å². The quantitative estimate of drug-likeness (QED) is 0.587. The van der Waals surface area contributed by atoms with E-state index >= 15 is 0 Å². The van der Waals surface area contributed by atoms with Gasteiger partial charge in [-0.15, -0.1) is 0 Å². The molecule has 0 radical (unpaired) electrons. The summed E-state index contributed by atoms with van der Waals surface area (Å²) in [4.78, 5) is 12.5. The van der Waals surface area contributed by atoms with Gasteiger partial charge in [0.2, 0.25) is 0 Å². The third kappa shape index (κ3) is 2.70. The van der Waals surface area contributed by atoms with Crippen LogP contribution in [0.5, 0.6) is 0 Å². The average Bonchev–Trinajstić information content (AvgIpc) is 2.45. The Bertz CT molecular complexity index is 803. The van der Waals surface area contributed by atoms with Crippen molar-refractivity contribution in [2.75, 3.05) is 0 Å². The number of halogens is 1. The van der Waals surface area contributed by atoms with E-state index in [9.17, 15) is 0 Å². The summed E-state index contributed by atoms with van der Waals surface area (Å²) in [5.74, 6) is 6.09. The Balaban J connectivity index is 1.98. The topological polar surface area (TPSA) is 38.7 Å². The van der Waals surface area contributed by atoms with Crippen LogP contribution in [0.2, 0.25) is 5.02 Å². The number of fused-ring (bicyclic) bond motifs is 1. The highest BCUT2D eigenvalue weighted by Crippen LogP contribution is 2.10. The lowest BCUT2D eigenvalue weighted by Crippen LogP contribution is -1.87. The zero-order valence-corrected chi connectivity index (χ0v) is 10.6. The molecule has 0 amide bonds. The SMILES string of the molecule is Clc1cccc(C#Cc2cnc3nccnc3c2)c1. The molecule has 0 unspecified atom stereocenters. The zero-order valence-electron chi connectivity index (χ0n) is 9.84. The van der Waals surface area contributed by atoms with E-state index in [4.69, 9.17) is 11.6 Å². The van der Waals surface area contributed by atoms with Gasteiger partial charge in [-0.2, -0.15) is 0 Å². The number of hydrogen-bond donors (Lipinski definition) is 0. The maximum Gasteiger partial charge on any atom is 0.178 e. The fraction of sp³-hybridized carbons (Fsp3) is 0. The normalized spacial score (nSPS) is 9.95. The molecule has 3 nitrogen and oxygen atoms in total. The van der Waals surface area contributed by atoms with Gasteiger partial charge in [-0.1, -0.05) is 29.5 Å². The molecule has 2 heterocycles. The molecule has 4 heteroatoms. The zero-order chi connectivity index (χ0) is 13.1. The van der Waals surface area contributed by atoms with Crippen LogP contribution in [0.25, 0.3) is 11.2 Å². The maximum atomic E-state index is 5.91. The Morgan fingerprint density at radius 1 is 0.895 bits per heavy atom. The summed E-state index contributed by atoms with van der Waals surface area (Å²) < 4.78 is 0. The van der Waals surface area contributed by atoms with E-state index in [1.165, 1.54) is 0 Å². The fourth-order valence-corrected chi connectivity index (χ4v) is 1.83. The number of aromatic nitrogens is 3. The minimum absolute atomic E-state index is 0.621. The summed E-state index contributed by atoms with van der Waals surface area (Å²) in [6.07, 6.45) is 4.94. The molecule has 0 saturated heterocycles. The van der Waals surface area contributed by atoms with E-state index in [1.807, 2.05) is 30.3 Å². The first-order valence-corrected chi connectivity index (χ1v) is 6.03. The van der Waals surface area contributed by atoms with Crippen LogP contribution >= 0.6 is 11.6 Å². The molecule has 0 aliphatic rings. The largest absolute Gasteiger partial charge is 0.251 e. The lowest BCUT2D eigenvalue weighted by atomic mass is 10.2. The van der Waals surface area contributed by atoms with E-state index < -0.39 is 0 Å². The van der Waals surface area contributed by atoms with E-state index in [-0.39, 0.29) is 0 Å². The highest BCUT2D eigenvalue weighted by atomic mass is 35.5. The van der Waals surface area contributed by atoms with Crippen molar-refractivity contribution in [2.24, 2.45) is 0 Å². The number of rotatable bonds is 0. The van der Waals surface area contributed by atoms with Gasteiger partial charge in [0.25, 0.3) is 0 Å². The summed E-state index contributed by atoms with van der Waals surface area (Å²) in [6, 6.07) is 9.29. The number of hydrogen-bond acceptors (Lipinski definition) is 3. The van der Waals surface area contributed by atoms with E-state index in [0.29, 0.717) is 10.7 Å². The molecule has 3 aromatic rings. The van der Waals surface area contributed by atoms with Crippen LogP contribution in [0.3, 0.4) is 0 Å². The first-order chi connectivity index (χ1) is 9.31. The van der Waals surface area contributed by atoms with Crippen LogP contribution in [0.1, 0.15) is 11.1 Å². The molecular weight excluding hydrogens is 258 g/mol. The van der Waals surface area contributed by atoms with Crippen molar-refractivity contribution in [1.82, 2.24) is 15.0 Å². The Hall–Kier alpha value is -2.44. The number of benzene rings is 1. The second-order valence-corrected chi connectivity index (χ2v) is 4.32. The van der Waals surface area contributed by atoms with Gasteiger partial charge >= 0.3 is 0 Å². The van der Waals surface area contributed by atoms with E-state index in [1.54, 1.807) is 18.6 Å². The van der Waals surface area contributed by atoms with Gasteiger partial charge in [0.15, 0.2) is 5.65 Å². The third-order valence-electron chi connectivity index (χ3n) is 2.50. The summed E-state index contributed by atoms with van der Waals surface area (Å²) >= 11 is 5.91. The second-order valence-electron chi connectivity index (χ2n) is 3.88. The van der Waals surface area contributed by atoms with Crippen molar-refractivity contribution in [2.45, 2.75) is 0 Å². The Morgan fingerprint density at radius 2 is 1.74 bits per heavy atom. The van der Waals surface area contributed by atoms with E-state index in [0.717, 1.165) is 16.6 Å². The van der Waals surface area contributed by atoms with Crippen molar-refractivity contribution >= 4 is 22.8 Å². The standard InChI is InChI=1S/C15H8ClN3/c16-13-3-1-2-11(8-13)4-5-12-9-14-15(19-10-12)18-7-6-17-14/h1-3,6-10H. The van der Waals surface area contributed by atoms with Gasteiger partial charge in [-0.3, -0.25) is 4.98 Å². The molecule has 0 atom stereocenters. The van der Waals surface area contributed by atoms with Crippen molar-refractivity contribution in [3.63, 3.8) is 0 Å². The smallest absolute Gasteiger partial charge is 0.178 e. The van der Waals surface area contributed by atoms with Crippen LogP contribution in [0, 0.1) is 11.8 Å². The predicted molar refractivity (Wildman–Crippen MR) is 74.8 cm³/mol. The molecule has 3 rings (SSSR count). The van der Waals surface area contributed by atoms with E-state index in [2.05, 4.69) is 26.8 Å². The molecule has 0 fully saturated rings. The van der Waals surface area contributed by atoms with Gasteiger partial charge in [-0.25, -0.2) is 9.97 Å². The summed E-state index contributed by atoms with van der Waals surface area (Å²) in [5.41, 5.74) is 3.02. The van der Waals surface area contributed by atoms with Crippen molar-refractivity contribution in [1.29, 1.82) is 0 Å². The predicted octanol–water partition coefficient (Wildman–Crippen LogP) is 3.08. The molecule has 19 heavy (non-hydrogen) atoms. The van der Waals surface area contributed by atoms with Gasteiger partial charge in [0.1, 0.15) is 5.52 Å². The minimum Gasteiger partial charge on any atom is -0.251 e. The molecule has 0 bridgehead atoms. The molecular formula is C15H8ClN3. The van der Waals surface area contributed by atoms with Crippen molar-refractivity contribution in [3.8, 4) is 11.8 Å². The molecule has 0 aliphatic carbocycles. The lowest BCUT2D eigenvalue weighted by Gasteiger charge is -1.95. The van der Waals surface area contributed by atoms with Gasteiger partial charge < -0.3 is 0 Å². The average molecular weight is 266 g/mol. The maximum absolute atomic E-state index is 5.91. The van der Waals surface area contributed by atoms with Crippen LogP contribution < -0.4 is 0 Å². The molecule has 0 N–H and O–H groups in total. The molecule has 0 spiro atoms. The molecule has 0 saturated carbocycles. The molecule has 90 valence electrons. The minimum atomic E-state index is 0.621. The van der Waals surface area contributed by atoms with Gasteiger partial charge in [-0.05, 0) is 24.3 Å². The number of pyridine rings is 1. The summed E-state index contributed by atoms with van der Waals surface area (Å²) in [6.45, 7) is 0. The Morgan fingerprint density at radius 3 is 2.63 bits per heavy atom. The van der Waals surface area contributed by atoms with Crippen LogP contribution in [0.15, 0.2) is 48.9 Å². The third-order valence-corrected chi connectivity index (χ3v) is 2.74. The van der Waals surface area contributed by atoms with Crippen molar-refractivity contribution < 1.29 is 0 Å². The second kappa shape index (κ2) is 5.05. The Kier molecular flexibility index (Phi) is 3.09. The lowest BCUT2D eigenvalue weighted by molar-refractivity contribution is 1.22. The fourth-order valence-electron chi connectivity index (χ4n) is 1.64.